The summed E-state index contributed by atoms with van der Waals surface area (Å²) in [6, 6.07) is 6.84. The molecular weight excluding hydrogens is 844 g/mol. The van der Waals surface area contributed by atoms with Gasteiger partial charge in [-0.1, -0.05) is 71.9 Å². The van der Waals surface area contributed by atoms with Gasteiger partial charge in [-0.2, -0.15) is 13.2 Å². The SMILES string of the molecule is CC.CC.CC(C)(OC(N)=O)C(F)(F)F.C[C@@H]1CC/C=C\[C@@H]2C[C@@]2(C(=O)NS(=O)(=O)C2(C)CC2)NC(=O)[C@@H]2C[C@@H](Oc3ncc(OC4CC4)c4ccccc34)CN2C(=O)C[C@H](C)C1.[HH].[HH].[HH]. The summed E-state index contributed by atoms with van der Waals surface area (Å²) in [5.74, 6) is -0.104. The number of benzene rings is 1. The van der Waals surface area contributed by atoms with Crippen molar-refractivity contribution < 1.29 is 59.3 Å². The number of nitrogens with one attached hydrogen (secondary N) is 2. The fourth-order valence-electron chi connectivity index (χ4n) is 7.58. The third-order valence-electron chi connectivity index (χ3n) is 11.9. The Labute approximate surface area is 374 Å². The van der Waals surface area contributed by atoms with E-state index in [1.54, 1.807) is 18.0 Å². The number of primary amides is 1. The number of rotatable bonds is 8. The van der Waals surface area contributed by atoms with Crippen LogP contribution in [-0.2, 0) is 29.1 Å². The molecule has 3 aliphatic carbocycles. The fourth-order valence-corrected chi connectivity index (χ4v) is 8.89. The van der Waals surface area contributed by atoms with Gasteiger partial charge in [0.15, 0.2) is 0 Å². The minimum absolute atomic E-state index is 0. The zero-order valence-corrected chi connectivity index (χ0v) is 38.8. The Kier molecular flexibility index (Phi) is 16.6. The summed E-state index contributed by atoms with van der Waals surface area (Å²) in [7, 11) is -3.91. The average Bonchev–Trinajstić information content (AvgIpc) is 4.17. The van der Waals surface area contributed by atoms with E-state index in [2.05, 4.69) is 39.3 Å². The number of hydrogen-bond acceptors (Lipinski definition) is 10. The number of allylic oxidation sites excluding steroid dienone is 1. The van der Waals surface area contributed by atoms with E-state index >= 15 is 0 Å². The molecule has 18 heteroatoms. The number of sulfonamides is 1. The van der Waals surface area contributed by atoms with Gasteiger partial charge in [0.25, 0.3) is 5.91 Å². The number of carbonyl (C=O) groups excluding carboxylic acids is 4. The van der Waals surface area contributed by atoms with Gasteiger partial charge in [0.05, 0.1) is 23.6 Å². The molecule has 1 aromatic carbocycles. The van der Waals surface area contributed by atoms with Gasteiger partial charge in [-0.05, 0) is 90.0 Å². The predicted molar refractivity (Wildman–Crippen MR) is 239 cm³/mol. The Balaban J connectivity index is 0.00000106. The van der Waals surface area contributed by atoms with Gasteiger partial charge in [0, 0.05) is 33.8 Å². The van der Waals surface area contributed by atoms with Crippen LogP contribution >= 0.6 is 0 Å². The largest absolute Gasteiger partial charge is 0.488 e. The van der Waals surface area contributed by atoms with E-state index < -0.39 is 62.1 Å². The molecule has 14 nitrogen and oxygen atoms in total. The average molecular weight is 916 g/mol. The molecule has 63 heavy (non-hydrogen) atoms. The lowest BCUT2D eigenvalue weighted by Crippen LogP contribution is -2.57. The Morgan fingerprint density at radius 1 is 0.968 bits per heavy atom. The number of hydrogen-bond donors (Lipinski definition) is 3. The molecule has 0 radical (unpaired) electrons. The van der Waals surface area contributed by atoms with Crippen LogP contribution < -0.4 is 25.2 Å². The molecule has 4 amide bonds. The van der Waals surface area contributed by atoms with Crippen LogP contribution in [0.4, 0.5) is 18.0 Å². The summed E-state index contributed by atoms with van der Waals surface area (Å²) in [6.45, 7) is 15.5. The monoisotopic (exact) mass is 916 g/mol. The minimum atomic E-state index is -4.60. The van der Waals surface area contributed by atoms with Crippen molar-refractivity contribution in [1.29, 1.82) is 0 Å². The van der Waals surface area contributed by atoms with Crippen LogP contribution in [0.1, 0.15) is 131 Å². The van der Waals surface area contributed by atoms with Crippen LogP contribution in [0.3, 0.4) is 0 Å². The van der Waals surface area contributed by atoms with Gasteiger partial charge < -0.3 is 30.2 Å². The molecule has 4 fully saturated rings. The van der Waals surface area contributed by atoms with Crippen LogP contribution in [0.5, 0.6) is 11.6 Å². The molecule has 1 aromatic heterocycles. The molecule has 358 valence electrons. The molecule has 1 saturated heterocycles. The highest BCUT2D eigenvalue weighted by Crippen LogP contribution is 2.48. The number of aromatic nitrogens is 1. The van der Waals surface area contributed by atoms with Gasteiger partial charge in [0.1, 0.15) is 23.4 Å². The van der Waals surface area contributed by atoms with E-state index in [4.69, 9.17) is 9.47 Å². The molecule has 2 aliphatic heterocycles. The molecule has 0 bridgehead atoms. The summed E-state index contributed by atoms with van der Waals surface area (Å²) >= 11 is 0. The van der Waals surface area contributed by atoms with Crippen molar-refractivity contribution in [3.63, 3.8) is 0 Å². The normalized spacial score (nSPS) is 27.2. The quantitative estimate of drug-likeness (QED) is 0.216. The number of fused-ring (bicyclic) bond motifs is 3. The number of carbonyl (C=O) groups is 4. The first-order chi connectivity index (χ1) is 29.5. The first kappa shape index (κ1) is 51.0. The van der Waals surface area contributed by atoms with Crippen molar-refractivity contribution >= 4 is 44.6 Å². The van der Waals surface area contributed by atoms with E-state index in [1.807, 2.05) is 64.1 Å². The van der Waals surface area contributed by atoms with Gasteiger partial charge in [-0.15, -0.1) is 0 Å². The highest BCUT2D eigenvalue weighted by Gasteiger charge is 2.63. The lowest BCUT2D eigenvalue weighted by molar-refractivity contribution is -0.243. The second kappa shape index (κ2) is 20.5. The van der Waals surface area contributed by atoms with Gasteiger partial charge in [-0.3, -0.25) is 19.1 Å². The summed E-state index contributed by atoms with van der Waals surface area (Å²) in [6.07, 6.45) is 5.65. The van der Waals surface area contributed by atoms with E-state index in [9.17, 15) is 40.8 Å². The molecule has 5 aliphatic rings. The minimum Gasteiger partial charge on any atom is -0.488 e. The second-order valence-corrected chi connectivity index (χ2v) is 19.8. The fraction of sp³-hybridized carbons (Fsp3) is 0.667. The van der Waals surface area contributed by atoms with E-state index in [0.29, 0.717) is 30.4 Å². The molecule has 0 spiro atoms. The van der Waals surface area contributed by atoms with Gasteiger partial charge in [-0.25, -0.2) is 18.2 Å². The van der Waals surface area contributed by atoms with Crippen LogP contribution in [0, 0.1) is 17.8 Å². The smallest absolute Gasteiger partial charge is 0.427 e. The van der Waals surface area contributed by atoms with Crippen LogP contribution in [0.2, 0.25) is 0 Å². The first-order valence-electron chi connectivity index (χ1n) is 22.2. The summed E-state index contributed by atoms with van der Waals surface area (Å²) < 4.78 is 79.3. The molecular formula is C45H72F3N5O9S. The van der Waals surface area contributed by atoms with Crippen LogP contribution in [0.25, 0.3) is 10.8 Å². The number of alkyl halides is 3. The maximum Gasteiger partial charge on any atom is 0.427 e. The first-order valence-corrected chi connectivity index (χ1v) is 23.6. The maximum absolute atomic E-state index is 14.2. The van der Waals surface area contributed by atoms with Crippen molar-refractivity contribution in [2.45, 2.75) is 167 Å². The third kappa shape index (κ3) is 12.6. The Morgan fingerprint density at radius 3 is 2.17 bits per heavy atom. The van der Waals surface area contributed by atoms with E-state index in [-0.39, 0.29) is 53.9 Å². The molecule has 2 aromatic rings. The molecule has 3 saturated carbocycles. The second-order valence-electron chi connectivity index (χ2n) is 17.6. The van der Waals surface area contributed by atoms with Crippen molar-refractivity contribution in [1.82, 2.24) is 19.9 Å². The number of pyridine rings is 1. The third-order valence-corrected chi connectivity index (χ3v) is 14.0. The topological polar surface area (TPSA) is 196 Å². The Morgan fingerprint density at radius 2 is 1.60 bits per heavy atom. The molecule has 6 atom stereocenters. The lowest BCUT2D eigenvalue weighted by Gasteiger charge is -2.28. The van der Waals surface area contributed by atoms with Crippen molar-refractivity contribution in [3.05, 3.63) is 42.6 Å². The summed E-state index contributed by atoms with van der Waals surface area (Å²) in [4.78, 5) is 57.8. The summed E-state index contributed by atoms with van der Waals surface area (Å²) in [5, 5.41) is 4.61. The highest BCUT2D eigenvalue weighted by molar-refractivity contribution is 7.91. The number of nitrogens with zero attached hydrogens (tertiary/aromatic N) is 2. The number of amides is 4. The Bertz CT molecular complexity index is 2110. The van der Waals surface area contributed by atoms with Crippen molar-refractivity contribution in [2.75, 3.05) is 6.54 Å². The number of nitrogens with two attached hydrogens (primary N) is 1. The zero-order chi connectivity index (χ0) is 47.1. The molecule has 4 N–H and O–H groups in total. The van der Waals surface area contributed by atoms with Crippen molar-refractivity contribution in [3.8, 4) is 11.6 Å². The van der Waals surface area contributed by atoms with Crippen LogP contribution in [0.15, 0.2) is 42.6 Å². The molecule has 3 heterocycles. The van der Waals surface area contributed by atoms with Gasteiger partial charge >= 0.3 is 12.3 Å². The predicted octanol–water partition coefficient (Wildman–Crippen LogP) is 8.61. The molecule has 0 unspecified atom stereocenters. The number of ether oxygens (including phenoxy) is 3. The van der Waals surface area contributed by atoms with Crippen molar-refractivity contribution in [2.24, 2.45) is 23.5 Å². The molecule has 7 rings (SSSR count). The summed E-state index contributed by atoms with van der Waals surface area (Å²) in [5.41, 5.74) is 0.490. The standard InChI is InChI=1S/C36H46N4O7S.C5H8F3NO2.2C2H6.3H2/c1-22-8-4-5-9-24-19-36(24,34(43)39-48(44,45)35(3)14-15-35)38-32(42)29-18-26(21-40(29)31(41)17-23(2)16-22)47-33-28-11-7-6-10-27(28)30(20-37-33)46-25-12-13-25;1-4(2,5(6,7)8)11-3(9)10;2*1-2;;;/h5-7,9-11,20,22-26,29H,4,8,12-19,21H2,1-3H3,(H,38,42)(H,39,43);1-2H3,(H2,9,10);2*1-2H3;3*1H/b9-5-;;;;;;/t22-,23-,24-,26-,29+,36-;;;;;;/m1....../s1. The van der Waals surface area contributed by atoms with Gasteiger partial charge in [0.2, 0.25) is 33.3 Å². The number of halogens is 3. The highest BCUT2D eigenvalue weighted by atomic mass is 32.2. The van der Waals surface area contributed by atoms with E-state index in [0.717, 1.165) is 56.7 Å². The van der Waals surface area contributed by atoms with Crippen LogP contribution in [-0.4, -0.2) is 89.0 Å². The Hall–Kier alpha value is -4.61. The van der Waals surface area contributed by atoms with E-state index in [1.165, 1.54) is 0 Å². The zero-order valence-electron chi connectivity index (χ0n) is 38.0. The maximum atomic E-state index is 14.2. The lowest BCUT2D eigenvalue weighted by atomic mass is 9.91.